The fourth-order valence-electron chi connectivity index (χ4n) is 2.90. The maximum atomic E-state index is 12.6. The number of carbonyl (C=O) groups excluding carboxylic acids is 1. The first-order valence-electron chi connectivity index (χ1n) is 9.72. The summed E-state index contributed by atoms with van der Waals surface area (Å²) < 4.78 is 7.44. The third-order valence-corrected chi connectivity index (χ3v) is 6.64. The van der Waals surface area contributed by atoms with Crippen molar-refractivity contribution in [1.82, 2.24) is 0 Å². The van der Waals surface area contributed by atoms with Crippen LogP contribution in [0.3, 0.4) is 0 Å². The van der Waals surface area contributed by atoms with Crippen LogP contribution in [0.1, 0.15) is 16.7 Å². The molecule has 0 bridgehead atoms. The fourth-order valence-corrected chi connectivity index (χ4v) is 5.21. The molecule has 3 aromatic rings. The van der Waals surface area contributed by atoms with Gasteiger partial charge in [0.05, 0.1) is 12.1 Å². The number of halogens is 3. The highest BCUT2D eigenvalue weighted by Crippen LogP contribution is 2.31. The van der Waals surface area contributed by atoms with Gasteiger partial charge in [0.2, 0.25) is 0 Å². The van der Waals surface area contributed by atoms with Crippen LogP contribution < -0.4 is 10.1 Å². The first-order valence-corrected chi connectivity index (χ1v) is 12.3. The Balaban J connectivity index is 1.77. The smallest absolute Gasteiger partial charge is 0.269 e. The number of benzene rings is 3. The molecule has 0 spiro atoms. The van der Waals surface area contributed by atoms with Gasteiger partial charge in [0.25, 0.3) is 11.6 Å². The maximum absolute atomic E-state index is 12.6. The molecule has 0 unspecified atom stereocenters. The standard InChI is InChI=1S/C24H16ClI2N3O4/c1-14-5-6-18(11-20(14)25)29-24(31)17(12-28)7-16-9-21(26)23(22(27)10-16)34-13-15-3-2-4-19(8-15)30(32)33/h2-11H,13H2,1H3,(H,29,31)/b17-7-. The van der Waals surface area contributed by atoms with E-state index in [1.54, 1.807) is 42.5 Å². The zero-order chi connectivity index (χ0) is 24.8. The number of carbonyl (C=O) groups is 1. The van der Waals surface area contributed by atoms with Crippen molar-refractivity contribution in [2.45, 2.75) is 13.5 Å². The molecular formula is C24H16ClI2N3O4. The van der Waals surface area contributed by atoms with Crippen molar-refractivity contribution in [3.63, 3.8) is 0 Å². The number of rotatable bonds is 7. The van der Waals surface area contributed by atoms with Gasteiger partial charge in [-0.1, -0.05) is 29.8 Å². The largest absolute Gasteiger partial charge is 0.487 e. The van der Waals surface area contributed by atoms with Gasteiger partial charge in [-0.3, -0.25) is 14.9 Å². The number of ether oxygens (including phenoxy) is 1. The van der Waals surface area contributed by atoms with Gasteiger partial charge in [0.1, 0.15) is 24.0 Å². The van der Waals surface area contributed by atoms with Crippen molar-refractivity contribution in [3.05, 3.63) is 99.1 Å². The van der Waals surface area contributed by atoms with Crippen molar-refractivity contribution in [2.75, 3.05) is 5.32 Å². The van der Waals surface area contributed by atoms with Crippen LogP contribution in [0, 0.1) is 35.5 Å². The number of nitro groups is 1. The second-order valence-corrected chi connectivity index (χ2v) is 9.85. The van der Waals surface area contributed by atoms with Gasteiger partial charge in [-0.2, -0.15) is 5.26 Å². The van der Waals surface area contributed by atoms with E-state index in [1.165, 1.54) is 18.2 Å². The van der Waals surface area contributed by atoms with E-state index in [2.05, 4.69) is 50.5 Å². The number of nitrogens with zero attached hydrogens (tertiary/aromatic N) is 2. The van der Waals surface area contributed by atoms with Crippen molar-refractivity contribution >= 4 is 80.1 Å². The molecule has 7 nitrogen and oxygen atoms in total. The third-order valence-electron chi connectivity index (χ3n) is 4.63. The summed E-state index contributed by atoms with van der Waals surface area (Å²) in [4.78, 5) is 23.1. The molecule has 3 aromatic carbocycles. The highest BCUT2D eigenvalue weighted by molar-refractivity contribution is 14.1. The third kappa shape index (κ3) is 6.68. The number of aryl methyl sites for hydroxylation is 1. The number of amides is 1. The number of non-ortho nitro benzene ring substituents is 1. The van der Waals surface area contributed by atoms with E-state index in [9.17, 15) is 20.2 Å². The monoisotopic (exact) mass is 699 g/mol. The zero-order valence-corrected chi connectivity index (χ0v) is 22.7. The predicted molar refractivity (Wildman–Crippen MR) is 148 cm³/mol. The molecule has 0 heterocycles. The highest BCUT2D eigenvalue weighted by atomic mass is 127. The van der Waals surface area contributed by atoms with E-state index in [4.69, 9.17) is 16.3 Å². The molecule has 3 rings (SSSR count). The Morgan fingerprint density at radius 1 is 1.21 bits per heavy atom. The Morgan fingerprint density at radius 3 is 2.53 bits per heavy atom. The van der Waals surface area contributed by atoms with Crippen molar-refractivity contribution in [1.29, 1.82) is 5.26 Å². The number of nitrogens with one attached hydrogen (secondary N) is 1. The number of hydrogen-bond donors (Lipinski definition) is 1. The van der Waals surface area contributed by atoms with E-state index >= 15 is 0 Å². The molecule has 0 fully saturated rings. The minimum atomic E-state index is -0.543. The molecule has 0 aromatic heterocycles. The predicted octanol–water partition coefficient (Wildman–Crippen LogP) is 6.89. The molecule has 10 heteroatoms. The number of nitro benzene ring substituents is 1. The molecule has 0 aliphatic rings. The van der Waals surface area contributed by atoms with Gasteiger partial charge < -0.3 is 10.1 Å². The van der Waals surface area contributed by atoms with Crippen LogP contribution in [0.15, 0.2) is 60.2 Å². The summed E-state index contributed by atoms with van der Waals surface area (Å²) in [5.74, 6) is 0.0700. The van der Waals surface area contributed by atoms with Gasteiger partial charge in [-0.15, -0.1) is 0 Å². The molecule has 1 N–H and O–H groups in total. The summed E-state index contributed by atoms with van der Waals surface area (Å²) in [7, 11) is 0. The average Bonchev–Trinajstić information content (AvgIpc) is 2.79. The van der Waals surface area contributed by atoms with Gasteiger partial charge in [0.15, 0.2) is 0 Å². The lowest BCUT2D eigenvalue weighted by molar-refractivity contribution is -0.384. The van der Waals surface area contributed by atoms with E-state index in [0.717, 1.165) is 12.7 Å². The number of nitriles is 1. The van der Waals surface area contributed by atoms with Crippen molar-refractivity contribution in [2.24, 2.45) is 0 Å². The molecule has 0 aliphatic carbocycles. The minimum absolute atomic E-state index is 0.00111. The quantitative estimate of drug-likeness (QED) is 0.0951. The molecule has 0 atom stereocenters. The average molecular weight is 700 g/mol. The molecule has 1 amide bonds. The van der Waals surface area contributed by atoms with Gasteiger partial charge >= 0.3 is 0 Å². The van der Waals surface area contributed by atoms with Crippen LogP contribution >= 0.6 is 56.8 Å². The Hall–Kier alpha value is -2.69. The summed E-state index contributed by atoms with van der Waals surface area (Å²) in [5.41, 5.74) is 2.65. The van der Waals surface area contributed by atoms with Crippen LogP contribution in [-0.4, -0.2) is 10.8 Å². The molecule has 172 valence electrons. The maximum Gasteiger partial charge on any atom is 0.269 e. The number of anilines is 1. The molecule has 0 saturated carbocycles. The molecule has 0 radical (unpaired) electrons. The van der Waals surface area contributed by atoms with Crippen LogP contribution in [-0.2, 0) is 11.4 Å². The Bertz CT molecular complexity index is 1330. The second kappa shape index (κ2) is 11.6. The Morgan fingerprint density at radius 2 is 1.91 bits per heavy atom. The lowest BCUT2D eigenvalue weighted by Crippen LogP contribution is -2.13. The second-order valence-electron chi connectivity index (χ2n) is 7.12. The fraction of sp³-hybridized carbons (Fsp3) is 0.0833. The normalized spacial score (nSPS) is 11.0. The topological polar surface area (TPSA) is 105 Å². The van der Waals surface area contributed by atoms with E-state index in [1.807, 2.05) is 13.0 Å². The van der Waals surface area contributed by atoms with Crippen LogP contribution in [0.4, 0.5) is 11.4 Å². The number of hydrogen-bond acceptors (Lipinski definition) is 5. The lowest BCUT2D eigenvalue weighted by Gasteiger charge is -2.12. The van der Waals surface area contributed by atoms with E-state index in [0.29, 0.717) is 27.6 Å². The van der Waals surface area contributed by atoms with Gasteiger partial charge in [-0.05, 0) is 99.1 Å². The summed E-state index contributed by atoms with van der Waals surface area (Å²) in [6.07, 6.45) is 1.50. The lowest BCUT2D eigenvalue weighted by atomic mass is 10.1. The van der Waals surface area contributed by atoms with Crippen molar-refractivity contribution in [3.8, 4) is 11.8 Å². The summed E-state index contributed by atoms with van der Waals surface area (Å²) in [6, 6.07) is 16.9. The molecule has 0 aliphatic heterocycles. The van der Waals surface area contributed by atoms with Gasteiger partial charge in [0, 0.05) is 22.8 Å². The zero-order valence-electron chi connectivity index (χ0n) is 17.6. The van der Waals surface area contributed by atoms with Crippen LogP contribution in [0.2, 0.25) is 5.02 Å². The molecular weight excluding hydrogens is 684 g/mol. The van der Waals surface area contributed by atoms with Crippen molar-refractivity contribution < 1.29 is 14.5 Å². The van der Waals surface area contributed by atoms with Crippen LogP contribution in [0.5, 0.6) is 5.75 Å². The van der Waals surface area contributed by atoms with Gasteiger partial charge in [-0.25, -0.2) is 0 Å². The Labute approximate surface area is 228 Å². The van der Waals surface area contributed by atoms with E-state index in [-0.39, 0.29) is 17.9 Å². The highest BCUT2D eigenvalue weighted by Gasteiger charge is 2.14. The first kappa shape index (κ1) is 25.9. The minimum Gasteiger partial charge on any atom is -0.487 e. The SMILES string of the molecule is Cc1ccc(NC(=O)/C(C#N)=C\c2cc(I)c(OCc3cccc([N+](=O)[O-])c3)c(I)c2)cc1Cl. The summed E-state index contributed by atoms with van der Waals surface area (Å²) in [5, 5.41) is 23.7. The first-order chi connectivity index (χ1) is 16.2. The molecule has 34 heavy (non-hydrogen) atoms. The summed E-state index contributed by atoms with van der Waals surface area (Å²) >= 11 is 10.3. The molecule has 0 saturated heterocycles. The van der Waals surface area contributed by atoms with Crippen LogP contribution in [0.25, 0.3) is 6.08 Å². The summed E-state index contributed by atoms with van der Waals surface area (Å²) in [6.45, 7) is 2.02. The van der Waals surface area contributed by atoms with E-state index < -0.39 is 10.8 Å². The Kier molecular flexibility index (Phi) is 8.87.